The summed E-state index contributed by atoms with van der Waals surface area (Å²) in [5.74, 6) is 0. The van der Waals surface area contributed by atoms with E-state index in [4.69, 9.17) is 0 Å². The SMILES string of the molecule is N#Cc1ccnc(-c2ccc(-c3ccc4c(c3)C3(c5ccccc5-c5ccccc53)c3cc(-c5ccccc5)c5ccccc5c3-4)cc2)c1. The number of aromatic nitrogens is 1. The third-order valence-corrected chi connectivity index (χ3v) is 10.6. The molecule has 0 saturated heterocycles. The minimum atomic E-state index is -0.469. The van der Waals surface area contributed by atoms with Gasteiger partial charge in [0.2, 0.25) is 0 Å². The molecule has 8 aromatic rings. The van der Waals surface area contributed by atoms with Crippen LogP contribution < -0.4 is 0 Å². The number of fused-ring (bicyclic) bond motifs is 12. The molecule has 0 aliphatic heterocycles. The Bertz CT molecular complexity index is 2620. The van der Waals surface area contributed by atoms with Crippen LogP contribution in [0.4, 0.5) is 0 Å². The molecule has 2 nitrogen and oxygen atoms in total. The van der Waals surface area contributed by atoms with Gasteiger partial charge in [0.15, 0.2) is 0 Å². The minimum absolute atomic E-state index is 0.469. The van der Waals surface area contributed by atoms with Crippen LogP contribution in [0, 0.1) is 11.3 Å². The van der Waals surface area contributed by atoms with Crippen LogP contribution in [-0.4, -0.2) is 4.98 Å². The smallest absolute Gasteiger partial charge is 0.0992 e. The molecule has 0 unspecified atom stereocenters. The third-order valence-electron chi connectivity index (χ3n) is 10.6. The van der Waals surface area contributed by atoms with Gasteiger partial charge in [0, 0.05) is 11.8 Å². The van der Waals surface area contributed by atoms with Crippen molar-refractivity contribution in [1.29, 1.82) is 5.26 Å². The topological polar surface area (TPSA) is 36.7 Å². The molecule has 0 N–H and O–H groups in total. The van der Waals surface area contributed by atoms with Crippen LogP contribution in [0.5, 0.6) is 0 Å². The maximum absolute atomic E-state index is 9.41. The van der Waals surface area contributed by atoms with Crippen LogP contribution in [0.2, 0.25) is 0 Å². The molecule has 1 heterocycles. The Morgan fingerprint density at radius 3 is 1.80 bits per heavy atom. The van der Waals surface area contributed by atoms with E-state index in [9.17, 15) is 5.26 Å². The second-order valence-electron chi connectivity index (χ2n) is 13.0. The first-order valence-corrected chi connectivity index (χ1v) is 16.7. The van der Waals surface area contributed by atoms with Crippen LogP contribution in [0.15, 0.2) is 170 Å². The van der Waals surface area contributed by atoms with Gasteiger partial charge in [0.25, 0.3) is 0 Å². The Morgan fingerprint density at radius 1 is 0.429 bits per heavy atom. The zero-order valence-corrected chi connectivity index (χ0v) is 26.6. The predicted molar refractivity (Wildman–Crippen MR) is 199 cm³/mol. The number of pyridine rings is 1. The standard InChI is InChI=1S/C47H28N2/c48-29-30-24-25-49-45(26-30)33-20-18-31(19-21-33)34-22-23-39-43(27-34)47(41-16-8-6-13-36(41)37-14-7-9-17-42(37)47)44-28-40(32-10-2-1-3-11-32)35-12-4-5-15-38(35)46(39)44/h1-28H. The summed E-state index contributed by atoms with van der Waals surface area (Å²) in [5, 5.41) is 12.0. The van der Waals surface area contributed by atoms with E-state index in [1.54, 1.807) is 12.3 Å². The molecule has 1 spiro atoms. The number of hydrogen-bond acceptors (Lipinski definition) is 2. The van der Waals surface area contributed by atoms with Gasteiger partial charge in [-0.3, -0.25) is 4.98 Å². The molecule has 0 bridgehead atoms. The van der Waals surface area contributed by atoms with E-state index in [1.807, 2.05) is 6.07 Å². The van der Waals surface area contributed by atoms with E-state index in [-0.39, 0.29) is 0 Å². The van der Waals surface area contributed by atoms with Gasteiger partial charge in [0.05, 0.1) is 22.7 Å². The van der Waals surface area contributed by atoms with E-state index in [0.717, 1.165) is 16.8 Å². The van der Waals surface area contributed by atoms with E-state index in [1.165, 1.54) is 72.0 Å². The van der Waals surface area contributed by atoms with Gasteiger partial charge >= 0.3 is 0 Å². The van der Waals surface area contributed by atoms with E-state index in [0.29, 0.717) is 5.56 Å². The van der Waals surface area contributed by atoms with Gasteiger partial charge in [-0.05, 0) is 102 Å². The highest BCUT2D eigenvalue weighted by Gasteiger charge is 2.52. The summed E-state index contributed by atoms with van der Waals surface area (Å²) in [4.78, 5) is 4.52. The first kappa shape index (κ1) is 27.5. The van der Waals surface area contributed by atoms with Crippen molar-refractivity contribution in [3.8, 4) is 61.8 Å². The van der Waals surface area contributed by atoms with Crippen LogP contribution in [0.25, 0.3) is 66.5 Å². The van der Waals surface area contributed by atoms with Crippen molar-refractivity contribution in [2.45, 2.75) is 5.41 Å². The maximum atomic E-state index is 9.41. The quantitative estimate of drug-likeness (QED) is 0.197. The molecule has 0 fully saturated rings. The Kier molecular flexibility index (Phi) is 5.89. The Balaban J connectivity index is 1.26. The first-order chi connectivity index (χ1) is 24.3. The summed E-state index contributed by atoms with van der Waals surface area (Å²) in [6.45, 7) is 0. The second kappa shape index (κ2) is 10.5. The Labute approximate surface area is 285 Å². The van der Waals surface area contributed by atoms with Crippen LogP contribution >= 0.6 is 0 Å². The van der Waals surface area contributed by atoms with Crippen molar-refractivity contribution in [1.82, 2.24) is 4.98 Å². The fourth-order valence-electron chi connectivity index (χ4n) is 8.52. The molecule has 2 aliphatic carbocycles. The van der Waals surface area contributed by atoms with E-state index < -0.39 is 5.41 Å². The summed E-state index contributed by atoms with van der Waals surface area (Å²) in [7, 11) is 0. The molecular weight excluding hydrogens is 593 g/mol. The number of nitriles is 1. The highest BCUT2D eigenvalue weighted by atomic mass is 14.7. The average Bonchev–Trinajstić information content (AvgIpc) is 3.65. The first-order valence-electron chi connectivity index (χ1n) is 16.7. The van der Waals surface area contributed by atoms with Crippen molar-refractivity contribution in [2.24, 2.45) is 0 Å². The zero-order valence-electron chi connectivity index (χ0n) is 26.6. The maximum Gasteiger partial charge on any atom is 0.0992 e. The van der Waals surface area contributed by atoms with Crippen molar-refractivity contribution in [2.75, 3.05) is 0 Å². The Hall–Kier alpha value is -6.56. The van der Waals surface area contributed by atoms with Gasteiger partial charge in [0.1, 0.15) is 0 Å². The lowest BCUT2D eigenvalue weighted by atomic mass is 9.69. The second-order valence-corrected chi connectivity index (χ2v) is 13.0. The average molecular weight is 621 g/mol. The summed E-state index contributed by atoms with van der Waals surface area (Å²) in [6.07, 6.45) is 1.70. The van der Waals surface area contributed by atoms with Crippen molar-refractivity contribution < 1.29 is 0 Å². The molecule has 0 atom stereocenters. The molecule has 2 heteroatoms. The lowest BCUT2D eigenvalue weighted by Gasteiger charge is -2.31. The van der Waals surface area contributed by atoms with Gasteiger partial charge in [-0.1, -0.05) is 140 Å². The molecular formula is C47H28N2. The Morgan fingerprint density at radius 2 is 1.06 bits per heavy atom. The summed E-state index contributed by atoms with van der Waals surface area (Å²) < 4.78 is 0. The molecule has 0 amide bonds. The molecule has 49 heavy (non-hydrogen) atoms. The van der Waals surface area contributed by atoms with Crippen LogP contribution in [0.3, 0.4) is 0 Å². The number of benzene rings is 7. The lowest BCUT2D eigenvalue weighted by Crippen LogP contribution is -2.26. The number of nitrogens with zero attached hydrogens (tertiary/aromatic N) is 2. The summed E-state index contributed by atoms with van der Waals surface area (Å²) in [5.41, 5.74) is 17.3. The van der Waals surface area contributed by atoms with Crippen LogP contribution in [0.1, 0.15) is 27.8 Å². The third kappa shape index (κ3) is 3.85. The van der Waals surface area contributed by atoms with Crippen molar-refractivity contribution in [3.05, 3.63) is 198 Å². The molecule has 10 rings (SSSR count). The number of rotatable bonds is 3. The molecule has 226 valence electrons. The van der Waals surface area contributed by atoms with Crippen molar-refractivity contribution in [3.63, 3.8) is 0 Å². The monoisotopic (exact) mass is 620 g/mol. The van der Waals surface area contributed by atoms with Gasteiger partial charge < -0.3 is 0 Å². The molecule has 0 saturated carbocycles. The van der Waals surface area contributed by atoms with E-state index in [2.05, 4.69) is 163 Å². The fourth-order valence-corrected chi connectivity index (χ4v) is 8.52. The summed E-state index contributed by atoms with van der Waals surface area (Å²) in [6, 6.07) is 61.6. The molecule has 1 aromatic heterocycles. The number of hydrogen-bond donors (Lipinski definition) is 0. The molecule has 0 radical (unpaired) electrons. The lowest BCUT2D eigenvalue weighted by molar-refractivity contribution is 0.795. The van der Waals surface area contributed by atoms with Gasteiger partial charge in [-0.15, -0.1) is 0 Å². The van der Waals surface area contributed by atoms with Crippen molar-refractivity contribution >= 4 is 10.8 Å². The zero-order chi connectivity index (χ0) is 32.5. The van der Waals surface area contributed by atoms with Gasteiger partial charge in [-0.25, -0.2) is 0 Å². The fraction of sp³-hybridized carbons (Fsp3) is 0.0213. The van der Waals surface area contributed by atoms with Crippen LogP contribution in [-0.2, 0) is 5.41 Å². The predicted octanol–water partition coefficient (Wildman–Crippen LogP) is 11.5. The normalized spacial score (nSPS) is 13.0. The largest absolute Gasteiger partial charge is 0.256 e. The minimum Gasteiger partial charge on any atom is -0.256 e. The molecule has 7 aromatic carbocycles. The highest BCUT2D eigenvalue weighted by molar-refractivity contribution is 6.11. The highest BCUT2D eigenvalue weighted by Crippen LogP contribution is 2.64. The molecule has 2 aliphatic rings. The van der Waals surface area contributed by atoms with E-state index >= 15 is 0 Å². The summed E-state index contributed by atoms with van der Waals surface area (Å²) >= 11 is 0. The van der Waals surface area contributed by atoms with Gasteiger partial charge in [-0.2, -0.15) is 5.26 Å².